The van der Waals surface area contributed by atoms with Gasteiger partial charge in [0.1, 0.15) is 15.9 Å². The van der Waals surface area contributed by atoms with Crippen molar-refractivity contribution in [3.63, 3.8) is 0 Å². The summed E-state index contributed by atoms with van der Waals surface area (Å²) < 4.78 is 36.0. The third-order valence-corrected chi connectivity index (χ3v) is 5.96. The molecule has 1 heterocycles. The summed E-state index contributed by atoms with van der Waals surface area (Å²) in [5.74, 6) is 0. The lowest BCUT2D eigenvalue weighted by molar-refractivity contribution is 0.406. The second-order valence-corrected chi connectivity index (χ2v) is 7.65. The zero-order chi connectivity index (χ0) is 16.3. The van der Waals surface area contributed by atoms with Crippen LogP contribution in [0, 0.1) is 0 Å². The first kappa shape index (κ1) is 16.0. The first-order chi connectivity index (χ1) is 11.1. The van der Waals surface area contributed by atoms with Crippen molar-refractivity contribution in [3.8, 4) is 0 Å². The third kappa shape index (κ3) is 3.26. The Morgan fingerprint density at radius 3 is 2.57 bits per heavy atom. The van der Waals surface area contributed by atoms with Crippen molar-refractivity contribution >= 4 is 32.8 Å². The summed E-state index contributed by atoms with van der Waals surface area (Å²) >= 11 is 1.03. The molecule has 5 nitrogen and oxygen atoms in total. The Kier molecular flexibility index (Phi) is 4.70. The highest BCUT2D eigenvalue weighted by atomic mass is 32.2. The predicted molar refractivity (Wildman–Crippen MR) is 91.7 cm³/mol. The summed E-state index contributed by atoms with van der Waals surface area (Å²) in [7, 11) is -3.62. The fraction of sp³-hybridized carbons (Fsp3) is 0.250. The number of fused-ring (bicyclic) bond motifs is 1. The van der Waals surface area contributed by atoms with Crippen LogP contribution in [0.5, 0.6) is 0 Å². The van der Waals surface area contributed by atoms with Crippen LogP contribution in [0.4, 0.5) is 0 Å². The van der Waals surface area contributed by atoms with Crippen LogP contribution in [0.3, 0.4) is 0 Å². The van der Waals surface area contributed by atoms with Gasteiger partial charge in [0.25, 0.3) is 0 Å². The second-order valence-electron chi connectivity index (χ2n) is 5.21. The van der Waals surface area contributed by atoms with E-state index in [1.807, 2.05) is 37.3 Å². The van der Waals surface area contributed by atoms with Crippen LogP contribution in [0.2, 0.25) is 0 Å². The van der Waals surface area contributed by atoms with Gasteiger partial charge in [-0.05, 0) is 24.1 Å². The molecular weight excluding hydrogens is 330 g/mol. The van der Waals surface area contributed by atoms with Crippen LogP contribution in [0.25, 0.3) is 11.0 Å². The first-order valence-electron chi connectivity index (χ1n) is 7.38. The molecule has 0 radical (unpaired) electrons. The number of benzene rings is 2. The Balaban J connectivity index is 2.02. The molecule has 0 amide bonds. The monoisotopic (exact) mass is 347 g/mol. The van der Waals surface area contributed by atoms with Crippen LogP contribution in [0.1, 0.15) is 18.9 Å². The molecule has 0 N–H and O–H groups in total. The Labute approximate surface area is 140 Å². The number of rotatable bonds is 6. The largest absolute Gasteiger partial charge is 0.245 e. The van der Waals surface area contributed by atoms with Gasteiger partial charge in [-0.2, -0.15) is 13.1 Å². The van der Waals surface area contributed by atoms with E-state index >= 15 is 0 Å². The van der Waals surface area contributed by atoms with Crippen molar-refractivity contribution in [2.45, 2.75) is 24.8 Å². The van der Waals surface area contributed by atoms with Gasteiger partial charge < -0.3 is 0 Å². The molecule has 23 heavy (non-hydrogen) atoms. The predicted octanol–water partition coefficient (Wildman–Crippen LogP) is 3.29. The number of aromatic nitrogens is 2. The van der Waals surface area contributed by atoms with Crippen molar-refractivity contribution in [3.05, 3.63) is 54.1 Å². The van der Waals surface area contributed by atoms with Crippen molar-refractivity contribution in [2.75, 3.05) is 6.54 Å². The molecule has 120 valence electrons. The van der Waals surface area contributed by atoms with Crippen LogP contribution < -0.4 is 0 Å². The Hall–Kier alpha value is -1.83. The number of hydrogen-bond donors (Lipinski definition) is 0. The molecule has 1 aromatic heterocycles. The lowest BCUT2D eigenvalue weighted by Gasteiger charge is -2.22. The lowest BCUT2D eigenvalue weighted by Crippen LogP contribution is -2.31. The average Bonchev–Trinajstić information content (AvgIpc) is 3.03. The quantitative estimate of drug-likeness (QED) is 0.686. The molecule has 3 rings (SSSR count). The van der Waals surface area contributed by atoms with Crippen molar-refractivity contribution < 1.29 is 8.42 Å². The topological polar surface area (TPSA) is 63.2 Å². The molecular formula is C16H17N3O2S2. The molecule has 0 aliphatic carbocycles. The normalized spacial score (nSPS) is 12.1. The van der Waals surface area contributed by atoms with E-state index in [0.29, 0.717) is 24.1 Å². The van der Waals surface area contributed by atoms with Crippen LogP contribution >= 0.6 is 11.7 Å². The summed E-state index contributed by atoms with van der Waals surface area (Å²) in [4.78, 5) is 0.230. The summed E-state index contributed by atoms with van der Waals surface area (Å²) in [6, 6.07) is 14.7. The van der Waals surface area contributed by atoms with Gasteiger partial charge in [0, 0.05) is 13.1 Å². The molecule has 3 aromatic rings. The van der Waals surface area contributed by atoms with E-state index in [9.17, 15) is 8.42 Å². The minimum atomic E-state index is -3.62. The number of nitrogens with zero attached hydrogens (tertiary/aromatic N) is 3. The molecule has 0 bridgehead atoms. The van der Waals surface area contributed by atoms with Crippen LogP contribution in [-0.2, 0) is 16.6 Å². The van der Waals surface area contributed by atoms with E-state index in [0.717, 1.165) is 23.7 Å². The molecule has 0 saturated heterocycles. The van der Waals surface area contributed by atoms with Gasteiger partial charge in [0.05, 0.1) is 11.7 Å². The zero-order valence-corrected chi connectivity index (χ0v) is 14.3. The standard InChI is InChI=1S/C16H17N3O2S2/c1-2-11-19(12-13-7-4-3-5-8-13)23(20,21)15-10-6-9-14-16(15)18-22-17-14/h3-10H,2,11-12H2,1H3. The van der Waals surface area contributed by atoms with E-state index in [-0.39, 0.29) is 4.90 Å². The number of hydrogen-bond acceptors (Lipinski definition) is 5. The molecule has 0 atom stereocenters. The molecule has 2 aromatic carbocycles. The van der Waals surface area contributed by atoms with E-state index < -0.39 is 10.0 Å². The minimum absolute atomic E-state index is 0.230. The lowest BCUT2D eigenvalue weighted by atomic mass is 10.2. The highest BCUT2D eigenvalue weighted by Crippen LogP contribution is 2.25. The fourth-order valence-electron chi connectivity index (χ4n) is 2.45. The summed E-state index contributed by atoms with van der Waals surface area (Å²) in [6.45, 7) is 2.79. The van der Waals surface area contributed by atoms with Gasteiger partial charge >= 0.3 is 0 Å². The highest BCUT2D eigenvalue weighted by Gasteiger charge is 2.27. The van der Waals surface area contributed by atoms with Gasteiger partial charge in [-0.3, -0.25) is 0 Å². The van der Waals surface area contributed by atoms with E-state index in [1.165, 1.54) is 4.31 Å². The maximum Gasteiger partial charge on any atom is 0.245 e. The molecule has 0 spiro atoms. The van der Waals surface area contributed by atoms with Gasteiger partial charge in [-0.15, -0.1) is 0 Å². The van der Waals surface area contributed by atoms with E-state index in [2.05, 4.69) is 8.75 Å². The van der Waals surface area contributed by atoms with Crippen molar-refractivity contribution in [1.29, 1.82) is 0 Å². The molecule has 0 aliphatic rings. The van der Waals surface area contributed by atoms with Crippen LogP contribution in [-0.4, -0.2) is 28.0 Å². The molecule has 0 unspecified atom stereocenters. The summed E-state index contributed by atoms with van der Waals surface area (Å²) in [5.41, 5.74) is 2.03. The minimum Gasteiger partial charge on any atom is -0.207 e. The Bertz CT molecular complexity index is 892. The summed E-state index contributed by atoms with van der Waals surface area (Å²) in [6.07, 6.45) is 0.747. The molecule has 0 fully saturated rings. The van der Waals surface area contributed by atoms with Crippen molar-refractivity contribution in [2.24, 2.45) is 0 Å². The zero-order valence-electron chi connectivity index (χ0n) is 12.7. The average molecular weight is 347 g/mol. The maximum absolute atomic E-state index is 13.1. The molecule has 0 saturated carbocycles. The molecule has 7 heteroatoms. The van der Waals surface area contributed by atoms with E-state index in [1.54, 1.807) is 18.2 Å². The Morgan fingerprint density at radius 1 is 1.04 bits per heavy atom. The number of sulfonamides is 1. The fourth-order valence-corrected chi connectivity index (χ4v) is 4.72. The molecule has 0 aliphatic heterocycles. The SMILES string of the molecule is CCCN(Cc1ccccc1)S(=O)(=O)c1cccc2nsnc12. The van der Waals surface area contributed by atoms with Crippen molar-refractivity contribution in [1.82, 2.24) is 13.1 Å². The first-order valence-corrected chi connectivity index (χ1v) is 9.55. The van der Waals surface area contributed by atoms with Gasteiger partial charge in [-0.1, -0.05) is 43.3 Å². The smallest absolute Gasteiger partial charge is 0.207 e. The van der Waals surface area contributed by atoms with Gasteiger partial charge in [0.15, 0.2) is 0 Å². The van der Waals surface area contributed by atoms with Gasteiger partial charge in [0.2, 0.25) is 10.0 Å². The summed E-state index contributed by atoms with van der Waals surface area (Å²) in [5, 5.41) is 0. The van der Waals surface area contributed by atoms with E-state index in [4.69, 9.17) is 0 Å². The van der Waals surface area contributed by atoms with Crippen LogP contribution in [0.15, 0.2) is 53.4 Å². The maximum atomic E-state index is 13.1. The highest BCUT2D eigenvalue weighted by molar-refractivity contribution is 7.89. The van der Waals surface area contributed by atoms with Gasteiger partial charge in [-0.25, -0.2) is 8.42 Å². The second kappa shape index (κ2) is 6.74. The Morgan fingerprint density at radius 2 is 1.83 bits per heavy atom. The third-order valence-electron chi connectivity index (χ3n) is 3.54.